The molecule has 0 heterocycles. The Hall–Kier alpha value is -0.630. The van der Waals surface area contributed by atoms with E-state index in [1.807, 2.05) is 6.92 Å². The van der Waals surface area contributed by atoms with Crippen molar-refractivity contribution >= 4 is 6.29 Å². The minimum Gasteiger partial charge on any atom is -0.396 e. The van der Waals surface area contributed by atoms with Crippen molar-refractivity contribution in [2.45, 2.75) is 13.8 Å². The Morgan fingerprint density at radius 3 is 2.67 bits per heavy atom. The lowest BCUT2D eigenvalue weighted by Crippen LogP contribution is -1.96. The molecule has 2 nitrogen and oxygen atoms in total. The van der Waals surface area contributed by atoms with Crippen molar-refractivity contribution in [3.63, 3.8) is 0 Å². The summed E-state index contributed by atoms with van der Waals surface area (Å²) in [5.74, 6) is 0.0928. The molecule has 1 atom stereocenters. The molecule has 0 aromatic carbocycles. The maximum absolute atomic E-state index is 10.0. The Kier molecular flexibility index (Phi) is 3.97. The molecule has 9 heavy (non-hydrogen) atoms. The normalized spacial score (nSPS) is 15.2. The molecule has 0 rings (SSSR count). The number of aliphatic hydroxyl groups is 1. The largest absolute Gasteiger partial charge is 0.396 e. The van der Waals surface area contributed by atoms with Gasteiger partial charge in [0.25, 0.3) is 0 Å². The van der Waals surface area contributed by atoms with E-state index < -0.39 is 0 Å². The zero-order valence-corrected chi connectivity index (χ0v) is 5.79. The van der Waals surface area contributed by atoms with Gasteiger partial charge in [-0.1, -0.05) is 13.0 Å². The fourth-order valence-corrected chi connectivity index (χ4v) is 0.541. The smallest absolute Gasteiger partial charge is 0.145 e. The topological polar surface area (TPSA) is 37.3 Å². The van der Waals surface area contributed by atoms with Crippen LogP contribution in [0.15, 0.2) is 11.6 Å². The number of rotatable bonds is 3. The summed E-state index contributed by atoms with van der Waals surface area (Å²) in [7, 11) is 0. The van der Waals surface area contributed by atoms with E-state index in [1.165, 1.54) is 0 Å². The first-order valence-corrected chi connectivity index (χ1v) is 2.95. The third-order valence-corrected chi connectivity index (χ3v) is 1.02. The van der Waals surface area contributed by atoms with Crippen LogP contribution in [0.5, 0.6) is 0 Å². The Balaban J connectivity index is 3.78. The Morgan fingerprint density at radius 1 is 1.78 bits per heavy atom. The first kappa shape index (κ1) is 8.37. The van der Waals surface area contributed by atoms with Crippen LogP contribution < -0.4 is 0 Å². The molecular formula is C7H12O2. The predicted octanol–water partition coefficient (Wildman–Crippen LogP) is 0.760. The van der Waals surface area contributed by atoms with E-state index in [4.69, 9.17) is 5.11 Å². The molecule has 0 saturated heterocycles. The summed E-state index contributed by atoms with van der Waals surface area (Å²) >= 11 is 0. The fourth-order valence-electron chi connectivity index (χ4n) is 0.541. The number of hydrogen-bond donors (Lipinski definition) is 1. The third kappa shape index (κ3) is 3.91. The van der Waals surface area contributed by atoms with E-state index >= 15 is 0 Å². The van der Waals surface area contributed by atoms with Crippen LogP contribution in [0.25, 0.3) is 0 Å². The van der Waals surface area contributed by atoms with Crippen LogP contribution in [-0.4, -0.2) is 18.0 Å². The highest BCUT2D eigenvalue weighted by Gasteiger charge is 1.93. The van der Waals surface area contributed by atoms with Gasteiger partial charge in [0.15, 0.2) is 0 Å². The molecule has 0 aromatic heterocycles. The number of aldehydes is 1. The first-order chi connectivity index (χ1) is 4.20. The molecule has 1 N–H and O–H groups in total. The van der Waals surface area contributed by atoms with Gasteiger partial charge in [0.2, 0.25) is 0 Å². The first-order valence-electron chi connectivity index (χ1n) is 2.95. The molecule has 0 saturated carbocycles. The summed E-state index contributed by atoms with van der Waals surface area (Å²) in [6, 6.07) is 0. The summed E-state index contributed by atoms with van der Waals surface area (Å²) < 4.78 is 0. The summed E-state index contributed by atoms with van der Waals surface area (Å²) in [5.41, 5.74) is 0.677. The summed E-state index contributed by atoms with van der Waals surface area (Å²) in [6.45, 7) is 3.68. The number of allylic oxidation sites excluding steroid dienone is 1. The molecular weight excluding hydrogens is 116 g/mol. The molecule has 0 fully saturated rings. The lowest BCUT2D eigenvalue weighted by atomic mass is 10.1. The van der Waals surface area contributed by atoms with Crippen molar-refractivity contribution < 1.29 is 9.90 Å². The predicted molar refractivity (Wildman–Crippen MR) is 36.1 cm³/mol. The molecule has 52 valence electrons. The van der Waals surface area contributed by atoms with Crippen LogP contribution in [0.3, 0.4) is 0 Å². The van der Waals surface area contributed by atoms with Crippen LogP contribution in [0.2, 0.25) is 0 Å². The van der Waals surface area contributed by atoms with E-state index in [0.29, 0.717) is 5.57 Å². The molecule has 2 heteroatoms. The van der Waals surface area contributed by atoms with Crippen LogP contribution in [-0.2, 0) is 4.79 Å². The van der Waals surface area contributed by atoms with E-state index in [1.54, 1.807) is 13.0 Å². The maximum atomic E-state index is 10.0. The van der Waals surface area contributed by atoms with Crippen LogP contribution in [0.1, 0.15) is 13.8 Å². The van der Waals surface area contributed by atoms with Gasteiger partial charge in [0.05, 0.1) is 0 Å². The Bertz CT molecular complexity index is 116. The van der Waals surface area contributed by atoms with Gasteiger partial charge in [-0.3, -0.25) is 4.79 Å². The van der Waals surface area contributed by atoms with Crippen molar-refractivity contribution in [1.82, 2.24) is 0 Å². The molecule has 0 aliphatic rings. The minimum absolute atomic E-state index is 0.0928. The quantitative estimate of drug-likeness (QED) is 0.450. The number of carbonyl (C=O) groups excluding carboxylic acids is 1. The van der Waals surface area contributed by atoms with Gasteiger partial charge in [-0.2, -0.15) is 0 Å². The molecule has 0 unspecified atom stereocenters. The summed E-state index contributed by atoms with van der Waals surface area (Å²) in [4.78, 5) is 10.0. The van der Waals surface area contributed by atoms with Crippen molar-refractivity contribution in [3.05, 3.63) is 11.6 Å². The lowest BCUT2D eigenvalue weighted by Gasteiger charge is -1.98. The standard InChI is InChI=1S/C7H12O2/c1-6(4-8)3-7(2)5-9/h3-4,7,9H,5H2,1-2H3/b6-3+/t7-/m1/s1. The van der Waals surface area contributed by atoms with E-state index in [-0.39, 0.29) is 12.5 Å². The highest BCUT2D eigenvalue weighted by Crippen LogP contribution is 1.98. The van der Waals surface area contributed by atoms with E-state index in [9.17, 15) is 4.79 Å². The number of hydrogen-bond acceptors (Lipinski definition) is 2. The highest BCUT2D eigenvalue weighted by molar-refractivity contribution is 5.72. The second kappa shape index (κ2) is 4.27. The van der Waals surface area contributed by atoms with Crippen molar-refractivity contribution in [2.24, 2.45) is 5.92 Å². The van der Waals surface area contributed by atoms with Gasteiger partial charge in [-0.15, -0.1) is 0 Å². The highest BCUT2D eigenvalue weighted by atomic mass is 16.3. The maximum Gasteiger partial charge on any atom is 0.145 e. The minimum atomic E-state index is 0.0928. The van der Waals surface area contributed by atoms with Gasteiger partial charge in [0.1, 0.15) is 6.29 Å². The Labute approximate surface area is 55.2 Å². The number of carbonyl (C=O) groups is 1. The second-order valence-corrected chi connectivity index (χ2v) is 2.19. The molecule has 0 aliphatic carbocycles. The number of aliphatic hydroxyl groups excluding tert-OH is 1. The van der Waals surface area contributed by atoms with Gasteiger partial charge in [0, 0.05) is 6.61 Å². The molecule has 0 spiro atoms. The lowest BCUT2D eigenvalue weighted by molar-refractivity contribution is -0.104. The van der Waals surface area contributed by atoms with Gasteiger partial charge in [-0.25, -0.2) is 0 Å². The SMILES string of the molecule is C/C(C=O)=C\[C@@H](C)CO. The molecule has 0 bridgehead atoms. The second-order valence-electron chi connectivity index (χ2n) is 2.19. The van der Waals surface area contributed by atoms with Crippen molar-refractivity contribution in [2.75, 3.05) is 6.61 Å². The fraction of sp³-hybridized carbons (Fsp3) is 0.571. The zero-order valence-electron chi connectivity index (χ0n) is 5.79. The van der Waals surface area contributed by atoms with E-state index in [0.717, 1.165) is 6.29 Å². The zero-order chi connectivity index (χ0) is 7.28. The third-order valence-electron chi connectivity index (χ3n) is 1.02. The van der Waals surface area contributed by atoms with Gasteiger partial charge < -0.3 is 5.11 Å². The Morgan fingerprint density at radius 2 is 2.33 bits per heavy atom. The van der Waals surface area contributed by atoms with Crippen LogP contribution in [0, 0.1) is 5.92 Å². The monoisotopic (exact) mass is 128 g/mol. The average molecular weight is 128 g/mol. The molecule has 0 aliphatic heterocycles. The van der Waals surface area contributed by atoms with Crippen molar-refractivity contribution in [1.29, 1.82) is 0 Å². The van der Waals surface area contributed by atoms with E-state index in [2.05, 4.69) is 0 Å². The van der Waals surface area contributed by atoms with Crippen LogP contribution in [0.4, 0.5) is 0 Å². The average Bonchev–Trinajstić information content (AvgIpc) is 1.87. The summed E-state index contributed by atoms with van der Waals surface area (Å²) in [6.07, 6.45) is 2.53. The molecule has 0 aromatic rings. The molecule has 0 amide bonds. The van der Waals surface area contributed by atoms with Gasteiger partial charge in [-0.05, 0) is 18.4 Å². The van der Waals surface area contributed by atoms with Gasteiger partial charge >= 0.3 is 0 Å². The molecule has 0 radical (unpaired) electrons. The van der Waals surface area contributed by atoms with Crippen molar-refractivity contribution in [3.8, 4) is 0 Å². The summed E-state index contributed by atoms with van der Waals surface area (Å²) in [5, 5.41) is 8.52. The van der Waals surface area contributed by atoms with Crippen LogP contribution >= 0.6 is 0 Å².